The molecule has 1 atom stereocenters. The van der Waals surface area contributed by atoms with E-state index < -0.39 is 10.2 Å². The highest BCUT2D eigenvalue weighted by Crippen LogP contribution is 2.36. The van der Waals surface area contributed by atoms with Crippen molar-refractivity contribution in [1.82, 2.24) is 18.6 Å². The summed E-state index contributed by atoms with van der Waals surface area (Å²) in [5, 5.41) is 0. The summed E-state index contributed by atoms with van der Waals surface area (Å²) in [4.78, 5) is 7.91. The molecule has 7 heteroatoms. The number of aromatic nitrogens is 2. The average Bonchev–Trinajstić information content (AvgIpc) is 3.05. The van der Waals surface area contributed by atoms with Crippen LogP contribution in [0, 0.1) is 5.92 Å². The highest BCUT2D eigenvalue weighted by atomic mass is 32.2. The van der Waals surface area contributed by atoms with Gasteiger partial charge in [-0.3, -0.25) is 0 Å². The number of fused-ring (bicyclic) bond motifs is 1. The van der Waals surface area contributed by atoms with Crippen molar-refractivity contribution in [3.63, 3.8) is 0 Å². The second-order valence-electron chi connectivity index (χ2n) is 6.64. The van der Waals surface area contributed by atoms with Crippen molar-refractivity contribution in [2.45, 2.75) is 31.7 Å². The van der Waals surface area contributed by atoms with E-state index in [4.69, 9.17) is 0 Å². The summed E-state index contributed by atoms with van der Waals surface area (Å²) in [6.07, 6.45) is 3.98. The molecule has 0 amide bonds. The van der Waals surface area contributed by atoms with Gasteiger partial charge in [0.25, 0.3) is 10.2 Å². The Morgan fingerprint density at radius 2 is 2.09 bits per heavy atom. The molecule has 124 valence electrons. The summed E-state index contributed by atoms with van der Waals surface area (Å²) in [7, 11) is -1.73. The van der Waals surface area contributed by atoms with Crippen molar-refractivity contribution in [1.29, 1.82) is 0 Å². The number of imidazole rings is 1. The Kier molecular flexibility index (Phi) is 3.66. The molecule has 1 saturated carbocycles. The molecule has 0 bridgehead atoms. The van der Waals surface area contributed by atoms with Gasteiger partial charge in [0.05, 0.1) is 17.1 Å². The van der Waals surface area contributed by atoms with Gasteiger partial charge in [-0.2, -0.15) is 17.0 Å². The van der Waals surface area contributed by atoms with Crippen LogP contribution in [0.25, 0.3) is 11.0 Å². The topological polar surface area (TPSA) is 69.3 Å². The van der Waals surface area contributed by atoms with E-state index in [1.807, 2.05) is 24.3 Å². The SMILES string of the molecule is CN(CC1CC1)S(=O)(=O)N1CCC[C@H]1c1nc2ccccc2[nH]1. The van der Waals surface area contributed by atoms with Crippen molar-refractivity contribution in [2.75, 3.05) is 20.1 Å². The molecule has 2 heterocycles. The molecular weight excluding hydrogens is 312 g/mol. The minimum atomic E-state index is -3.42. The van der Waals surface area contributed by atoms with Crippen LogP contribution >= 0.6 is 0 Å². The van der Waals surface area contributed by atoms with Gasteiger partial charge in [0.15, 0.2) is 0 Å². The molecule has 2 aliphatic rings. The number of benzene rings is 1. The van der Waals surface area contributed by atoms with Gasteiger partial charge in [-0.15, -0.1) is 0 Å². The molecule has 2 fully saturated rings. The number of nitrogens with zero attached hydrogens (tertiary/aromatic N) is 3. The molecule has 2 aromatic rings. The minimum absolute atomic E-state index is 0.186. The third-order valence-corrected chi connectivity index (χ3v) is 6.80. The van der Waals surface area contributed by atoms with E-state index in [-0.39, 0.29) is 6.04 Å². The van der Waals surface area contributed by atoms with E-state index in [2.05, 4.69) is 9.97 Å². The maximum Gasteiger partial charge on any atom is 0.282 e. The Morgan fingerprint density at radius 3 is 2.83 bits per heavy atom. The van der Waals surface area contributed by atoms with Gasteiger partial charge < -0.3 is 4.98 Å². The highest BCUT2D eigenvalue weighted by molar-refractivity contribution is 7.86. The number of hydrogen-bond donors (Lipinski definition) is 1. The standard InChI is InChI=1S/C16H22N4O2S/c1-19(11-12-8-9-12)23(21,22)20-10-4-7-15(20)16-17-13-5-2-3-6-14(13)18-16/h2-3,5-6,12,15H,4,7-11H2,1H3,(H,17,18)/t15-/m0/s1. The van der Waals surface area contributed by atoms with Crippen LogP contribution in [-0.4, -0.2) is 47.1 Å². The van der Waals surface area contributed by atoms with Gasteiger partial charge in [0, 0.05) is 20.1 Å². The maximum atomic E-state index is 12.9. The summed E-state index contributed by atoms with van der Waals surface area (Å²) in [6.45, 7) is 1.20. The predicted octanol–water partition coefficient (Wildman–Crippen LogP) is 2.29. The lowest BCUT2D eigenvalue weighted by Crippen LogP contribution is -2.42. The van der Waals surface area contributed by atoms with Crippen LogP contribution < -0.4 is 0 Å². The Morgan fingerprint density at radius 1 is 1.30 bits per heavy atom. The van der Waals surface area contributed by atoms with E-state index in [0.29, 0.717) is 19.0 Å². The van der Waals surface area contributed by atoms with Crippen molar-refractivity contribution in [2.24, 2.45) is 5.92 Å². The second-order valence-corrected chi connectivity index (χ2v) is 8.63. The maximum absolute atomic E-state index is 12.9. The lowest BCUT2D eigenvalue weighted by atomic mass is 10.2. The van der Waals surface area contributed by atoms with Crippen LogP contribution in [0.15, 0.2) is 24.3 Å². The van der Waals surface area contributed by atoms with E-state index in [0.717, 1.165) is 42.5 Å². The summed E-state index contributed by atoms with van der Waals surface area (Å²) in [6, 6.07) is 7.63. The van der Waals surface area contributed by atoms with E-state index in [1.165, 1.54) is 4.31 Å². The number of H-pyrrole nitrogens is 1. The molecule has 0 spiro atoms. The third kappa shape index (κ3) is 2.77. The van der Waals surface area contributed by atoms with Crippen molar-refractivity contribution < 1.29 is 8.42 Å². The number of para-hydroxylation sites is 2. The van der Waals surface area contributed by atoms with Gasteiger partial charge in [-0.25, -0.2) is 4.98 Å². The molecule has 1 aromatic heterocycles. The first-order chi connectivity index (χ1) is 11.1. The van der Waals surface area contributed by atoms with Crippen LogP contribution in [0.1, 0.15) is 37.5 Å². The number of hydrogen-bond acceptors (Lipinski definition) is 3. The van der Waals surface area contributed by atoms with Gasteiger partial charge >= 0.3 is 0 Å². The van der Waals surface area contributed by atoms with Crippen molar-refractivity contribution in [3.8, 4) is 0 Å². The van der Waals surface area contributed by atoms with Gasteiger partial charge in [-0.05, 0) is 43.7 Å². The molecule has 1 aromatic carbocycles. The lowest BCUT2D eigenvalue weighted by molar-refractivity contribution is 0.337. The van der Waals surface area contributed by atoms with E-state index >= 15 is 0 Å². The first-order valence-electron chi connectivity index (χ1n) is 8.23. The molecule has 0 unspecified atom stereocenters. The predicted molar refractivity (Wildman–Crippen MR) is 89.0 cm³/mol. The van der Waals surface area contributed by atoms with Crippen LogP contribution in [-0.2, 0) is 10.2 Å². The van der Waals surface area contributed by atoms with E-state index in [1.54, 1.807) is 11.4 Å². The van der Waals surface area contributed by atoms with E-state index in [9.17, 15) is 8.42 Å². The highest BCUT2D eigenvalue weighted by Gasteiger charge is 2.40. The smallest absolute Gasteiger partial charge is 0.282 e. The lowest BCUT2D eigenvalue weighted by Gasteiger charge is -2.27. The Hall–Kier alpha value is -1.44. The molecule has 1 aliphatic carbocycles. The number of rotatable bonds is 5. The van der Waals surface area contributed by atoms with Crippen LogP contribution in [0.4, 0.5) is 0 Å². The zero-order chi connectivity index (χ0) is 16.0. The van der Waals surface area contributed by atoms with Gasteiger partial charge in [0.1, 0.15) is 5.82 Å². The van der Waals surface area contributed by atoms with Crippen molar-refractivity contribution in [3.05, 3.63) is 30.1 Å². The van der Waals surface area contributed by atoms with Crippen LogP contribution in [0.3, 0.4) is 0 Å². The number of nitrogens with one attached hydrogen (secondary N) is 1. The van der Waals surface area contributed by atoms with Crippen LogP contribution in [0.2, 0.25) is 0 Å². The molecule has 6 nitrogen and oxygen atoms in total. The summed E-state index contributed by atoms with van der Waals surface area (Å²) >= 11 is 0. The zero-order valence-electron chi connectivity index (χ0n) is 13.3. The second kappa shape index (κ2) is 5.58. The Balaban J connectivity index is 1.62. The minimum Gasteiger partial charge on any atom is -0.341 e. The molecule has 0 radical (unpaired) electrons. The fourth-order valence-electron chi connectivity index (χ4n) is 3.36. The molecule has 4 rings (SSSR count). The zero-order valence-corrected chi connectivity index (χ0v) is 14.1. The first kappa shape index (κ1) is 15.1. The van der Waals surface area contributed by atoms with Gasteiger partial charge in [-0.1, -0.05) is 12.1 Å². The first-order valence-corrected chi connectivity index (χ1v) is 9.63. The normalized spacial score (nSPS) is 23.1. The molecule has 1 aliphatic heterocycles. The summed E-state index contributed by atoms with van der Waals surface area (Å²) in [5.74, 6) is 1.30. The molecule has 1 saturated heterocycles. The fraction of sp³-hybridized carbons (Fsp3) is 0.562. The Labute approximate surface area is 136 Å². The fourth-order valence-corrected chi connectivity index (χ4v) is 5.00. The Bertz CT molecular complexity index is 779. The molecular formula is C16H22N4O2S. The molecule has 1 N–H and O–H groups in total. The third-order valence-electron chi connectivity index (χ3n) is 4.83. The van der Waals surface area contributed by atoms with Gasteiger partial charge in [0.2, 0.25) is 0 Å². The summed E-state index contributed by atoms with van der Waals surface area (Å²) < 4.78 is 28.9. The largest absolute Gasteiger partial charge is 0.341 e. The molecule has 23 heavy (non-hydrogen) atoms. The summed E-state index contributed by atoms with van der Waals surface area (Å²) in [5.41, 5.74) is 1.84. The van der Waals surface area contributed by atoms with Crippen LogP contribution in [0.5, 0.6) is 0 Å². The quantitative estimate of drug-likeness (QED) is 0.912. The monoisotopic (exact) mass is 334 g/mol. The number of aromatic amines is 1. The average molecular weight is 334 g/mol. The van der Waals surface area contributed by atoms with Crippen molar-refractivity contribution >= 4 is 21.2 Å².